The van der Waals surface area contributed by atoms with Gasteiger partial charge in [-0.25, -0.2) is 0 Å². The number of amides is 1. The molecule has 0 aliphatic heterocycles. The molecule has 1 aliphatic carbocycles. The van der Waals surface area contributed by atoms with Gasteiger partial charge < -0.3 is 15.2 Å². The van der Waals surface area contributed by atoms with Gasteiger partial charge in [-0.05, 0) is 37.5 Å². The second-order valence-corrected chi connectivity index (χ2v) is 6.10. The predicted octanol–water partition coefficient (Wildman–Crippen LogP) is 2.59. The summed E-state index contributed by atoms with van der Waals surface area (Å²) in [6.07, 6.45) is 2.10. The largest absolute Gasteiger partial charge is 0.494 e. The number of ether oxygens (including phenoxy) is 1. The van der Waals surface area contributed by atoms with Crippen molar-refractivity contribution in [2.75, 3.05) is 6.61 Å². The van der Waals surface area contributed by atoms with Crippen LogP contribution in [0.15, 0.2) is 28.7 Å². The first kappa shape index (κ1) is 15.8. The van der Waals surface area contributed by atoms with Gasteiger partial charge in [0.25, 0.3) is 0 Å². The molecule has 1 saturated carbocycles. The first-order valence-corrected chi connectivity index (χ1v) is 7.74. The molecule has 5 nitrogen and oxygen atoms in total. The lowest BCUT2D eigenvalue weighted by atomic mass is 9.80. The fourth-order valence-electron chi connectivity index (χ4n) is 2.22. The smallest absolute Gasteiger partial charge is 0.306 e. The van der Waals surface area contributed by atoms with Gasteiger partial charge in [0.1, 0.15) is 5.75 Å². The summed E-state index contributed by atoms with van der Waals surface area (Å²) >= 11 is 3.36. The summed E-state index contributed by atoms with van der Waals surface area (Å²) in [5, 5.41) is 11.6. The maximum absolute atomic E-state index is 11.7. The van der Waals surface area contributed by atoms with Crippen LogP contribution >= 0.6 is 15.9 Å². The van der Waals surface area contributed by atoms with Gasteiger partial charge in [0, 0.05) is 16.9 Å². The van der Waals surface area contributed by atoms with Crippen LogP contribution in [0.4, 0.5) is 0 Å². The van der Waals surface area contributed by atoms with E-state index in [2.05, 4.69) is 21.2 Å². The standard InChI is InChI=1S/C15H18BrNO4/c16-11-3-1-4-13(9-11)21-6-2-5-14(18)17-12-7-10(8-12)15(19)20/h1,3-4,9-10,12H,2,5-8H2,(H,17,18)(H,19,20). The van der Waals surface area contributed by atoms with Gasteiger partial charge >= 0.3 is 5.97 Å². The number of nitrogens with one attached hydrogen (secondary N) is 1. The molecule has 1 aromatic rings. The Morgan fingerprint density at radius 3 is 2.81 bits per heavy atom. The molecule has 1 fully saturated rings. The molecule has 1 aromatic carbocycles. The quantitative estimate of drug-likeness (QED) is 0.737. The molecular formula is C15H18BrNO4. The molecule has 0 heterocycles. The molecule has 114 valence electrons. The number of rotatable bonds is 7. The fourth-order valence-corrected chi connectivity index (χ4v) is 2.59. The van der Waals surface area contributed by atoms with Crippen molar-refractivity contribution in [1.29, 1.82) is 0 Å². The monoisotopic (exact) mass is 355 g/mol. The third-order valence-corrected chi connectivity index (χ3v) is 3.96. The van der Waals surface area contributed by atoms with E-state index in [1.54, 1.807) is 0 Å². The van der Waals surface area contributed by atoms with Crippen LogP contribution < -0.4 is 10.1 Å². The van der Waals surface area contributed by atoms with Crippen LogP contribution in [0.3, 0.4) is 0 Å². The van der Waals surface area contributed by atoms with Crippen LogP contribution in [-0.2, 0) is 9.59 Å². The number of carboxylic acid groups (broad SMARTS) is 1. The van der Waals surface area contributed by atoms with E-state index in [1.807, 2.05) is 24.3 Å². The zero-order valence-electron chi connectivity index (χ0n) is 11.5. The number of carbonyl (C=O) groups excluding carboxylic acids is 1. The zero-order valence-corrected chi connectivity index (χ0v) is 13.1. The average Bonchev–Trinajstić information content (AvgIpc) is 2.38. The summed E-state index contributed by atoms with van der Waals surface area (Å²) in [6.45, 7) is 0.478. The van der Waals surface area contributed by atoms with Gasteiger partial charge in [-0.3, -0.25) is 9.59 Å². The van der Waals surface area contributed by atoms with E-state index in [1.165, 1.54) is 0 Å². The van der Waals surface area contributed by atoms with E-state index in [9.17, 15) is 9.59 Å². The molecule has 0 atom stereocenters. The van der Waals surface area contributed by atoms with Crippen LogP contribution in [-0.4, -0.2) is 29.6 Å². The highest BCUT2D eigenvalue weighted by molar-refractivity contribution is 9.10. The second-order valence-electron chi connectivity index (χ2n) is 5.18. The van der Waals surface area contributed by atoms with Gasteiger partial charge in [-0.1, -0.05) is 22.0 Å². The van der Waals surface area contributed by atoms with Gasteiger partial charge in [0.2, 0.25) is 5.91 Å². The summed E-state index contributed by atoms with van der Waals surface area (Å²) in [7, 11) is 0. The minimum Gasteiger partial charge on any atom is -0.494 e. The van der Waals surface area contributed by atoms with Crippen LogP contribution in [0.5, 0.6) is 5.75 Å². The van der Waals surface area contributed by atoms with E-state index >= 15 is 0 Å². The highest BCUT2D eigenvalue weighted by Gasteiger charge is 2.34. The molecule has 6 heteroatoms. The van der Waals surface area contributed by atoms with E-state index in [-0.39, 0.29) is 17.9 Å². The third-order valence-electron chi connectivity index (χ3n) is 3.47. The lowest BCUT2D eigenvalue weighted by Gasteiger charge is -2.32. The Bertz CT molecular complexity index is 514. The molecule has 1 aliphatic rings. The molecule has 0 bridgehead atoms. The number of benzene rings is 1. The van der Waals surface area contributed by atoms with Gasteiger partial charge in [-0.2, -0.15) is 0 Å². The van der Waals surface area contributed by atoms with E-state index in [4.69, 9.17) is 9.84 Å². The molecule has 2 rings (SSSR count). The molecule has 0 unspecified atom stereocenters. The maximum atomic E-state index is 11.7. The van der Waals surface area contributed by atoms with Crippen LogP contribution in [0, 0.1) is 5.92 Å². The Morgan fingerprint density at radius 2 is 2.14 bits per heavy atom. The van der Waals surface area contributed by atoms with Crippen molar-refractivity contribution in [3.8, 4) is 5.75 Å². The molecular weight excluding hydrogens is 338 g/mol. The Hall–Kier alpha value is -1.56. The molecule has 2 N–H and O–H groups in total. The Labute approximate surface area is 131 Å². The Kier molecular flexibility index (Phi) is 5.61. The molecule has 21 heavy (non-hydrogen) atoms. The first-order valence-electron chi connectivity index (χ1n) is 6.95. The van der Waals surface area contributed by atoms with Crippen LogP contribution in [0.25, 0.3) is 0 Å². The number of halogens is 1. The van der Waals surface area contributed by atoms with E-state index in [0.717, 1.165) is 10.2 Å². The minimum absolute atomic E-state index is 0.0181. The number of hydrogen-bond acceptors (Lipinski definition) is 3. The van der Waals surface area contributed by atoms with Crippen molar-refractivity contribution in [3.05, 3.63) is 28.7 Å². The van der Waals surface area contributed by atoms with Gasteiger partial charge in [0.05, 0.1) is 12.5 Å². The Morgan fingerprint density at radius 1 is 1.38 bits per heavy atom. The molecule has 1 amide bonds. The summed E-state index contributed by atoms with van der Waals surface area (Å²) in [5.41, 5.74) is 0. The number of aliphatic carboxylic acids is 1. The molecule has 0 spiro atoms. The number of hydrogen-bond donors (Lipinski definition) is 2. The molecule has 0 aromatic heterocycles. The normalized spacial score (nSPS) is 20.4. The summed E-state index contributed by atoms with van der Waals surface area (Å²) < 4.78 is 6.50. The summed E-state index contributed by atoms with van der Waals surface area (Å²) in [6, 6.07) is 7.57. The van der Waals surface area contributed by atoms with Crippen molar-refractivity contribution in [2.45, 2.75) is 31.7 Å². The Balaban J connectivity index is 1.57. The van der Waals surface area contributed by atoms with Crippen molar-refractivity contribution in [1.82, 2.24) is 5.32 Å². The van der Waals surface area contributed by atoms with Crippen molar-refractivity contribution in [2.24, 2.45) is 5.92 Å². The van der Waals surface area contributed by atoms with Crippen LogP contribution in [0.1, 0.15) is 25.7 Å². The highest BCUT2D eigenvalue weighted by Crippen LogP contribution is 2.27. The third kappa shape index (κ3) is 5.04. The van der Waals surface area contributed by atoms with Gasteiger partial charge in [0.15, 0.2) is 0 Å². The van der Waals surface area contributed by atoms with E-state index < -0.39 is 5.97 Å². The van der Waals surface area contributed by atoms with Gasteiger partial charge in [-0.15, -0.1) is 0 Å². The average molecular weight is 356 g/mol. The van der Waals surface area contributed by atoms with E-state index in [0.29, 0.717) is 32.3 Å². The lowest BCUT2D eigenvalue weighted by molar-refractivity contribution is -0.146. The zero-order chi connectivity index (χ0) is 15.2. The topological polar surface area (TPSA) is 75.6 Å². The maximum Gasteiger partial charge on any atom is 0.306 e. The minimum atomic E-state index is -0.775. The van der Waals surface area contributed by atoms with Crippen LogP contribution in [0.2, 0.25) is 0 Å². The summed E-state index contributed by atoms with van der Waals surface area (Å²) in [5.74, 6) is -0.340. The number of carbonyl (C=O) groups is 2. The highest BCUT2D eigenvalue weighted by atomic mass is 79.9. The number of carboxylic acids is 1. The van der Waals surface area contributed by atoms with Crippen molar-refractivity contribution >= 4 is 27.8 Å². The van der Waals surface area contributed by atoms with Crippen molar-refractivity contribution in [3.63, 3.8) is 0 Å². The summed E-state index contributed by atoms with van der Waals surface area (Å²) in [4.78, 5) is 22.3. The molecule has 0 radical (unpaired) electrons. The predicted molar refractivity (Wildman–Crippen MR) is 81.2 cm³/mol. The first-order chi connectivity index (χ1) is 10.0. The lowest BCUT2D eigenvalue weighted by Crippen LogP contribution is -2.46. The van der Waals surface area contributed by atoms with Crippen molar-refractivity contribution < 1.29 is 19.4 Å². The second kappa shape index (κ2) is 7.45. The molecule has 0 saturated heterocycles. The fraction of sp³-hybridized carbons (Fsp3) is 0.467. The SMILES string of the molecule is O=C(CCCOc1cccc(Br)c1)NC1CC(C(=O)O)C1.